The highest BCUT2D eigenvalue weighted by molar-refractivity contribution is 14.2. The second-order valence-electron chi connectivity index (χ2n) is 6.45. The Balaban J connectivity index is 2.35. The third kappa shape index (κ3) is 7.51. The van der Waals surface area contributed by atoms with Crippen molar-refractivity contribution in [2.75, 3.05) is 10.6 Å². The molecule has 1 atom stereocenters. The fourth-order valence-corrected chi connectivity index (χ4v) is 3.01. The van der Waals surface area contributed by atoms with Crippen LogP contribution < -0.4 is 21.1 Å². The molecule has 0 aliphatic carbocycles. The highest BCUT2D eigenvalue weighted by atomic mass is 127. The van der Waals surface area contributed by atoms with Crippen molar-refractivity contribution in [3.8, 4) is 5.75 Å². The number of nitrogens with two attached hydrogens (primary N) is 1. The van der Waals surface area contributed by atoms with Gasteiger partial charge in [-0.25, -0.2) is 11.3 Å². The molecular weight excluding hydrogens is 647 g/mol. The summed E-state index contributed by atoms with van der Waals surface area (Å²) in [4.78, 5) is 32.3. The minimum Gasteiger partial charge on any atom is -0.406 e. The van der Waals surface area contributed by atoms with Gasteiger partial charge in [-0.15, -0.1) is 13.2 Å². The fourth-order valence-electron chi connectivity index (χ4n) is 2.41. The lowest BCUT2D eigenvalue weighted by molar-refractivity contribution is -0.274. The van der Waals surface area contributed by atoms with Crippen LogP contribution in [-0.2, 0) is 4.79 Å². The molecule has 0 spiro atoms. The third-order valence-electron chi connectivity index (χ3n) is 3.74. The van der Waals surface area contributed by atoms with Gasteiger partial charge in [-0.1, -0.05) is 19.9 Å². The highest BCUT2D eigenvalue weighted by Gasteiger charge is 2.31. The third-order valence-corrected chi connectivity index (χ3v) is 4.69. The summed E-state index contributed by atoms with van der Waals surface area (Å²) in [6.45, 7) is 3.67. The molecule has 1 aromatic carbocycles. The van der Waals surface area contributed by atoms with Crippen LogP contribution in [0.2, 0.25) is 0 Å². The smallest absolute Gasteiger partial charge is 0.406 e. The molecule has 1 aromatic heterocycles. The van der Waals surface area contributed by atoms with E-state index in [0.717, 1.165) is 12.1 Å². The van der Waals surface area contributed by atoms with Gasteiger partial charge in [0.25, 0.3) is 11.8 Å². The van der Waals surface area contributed by atoms with Crippen LogP contribution >= 0.6 is 45.7 Å². The van der Waals surface area contributed by atoms with Crippen LogP contribution in [0.3, 0.4) is 0 Å². The molecule has 0 aliphatic heterocycles. The number of benzene rings is 1. The highest BCUT2D eigenvalue weighted by Crippen LogP contribution is 2.27. The molecular formula is C17H17F3I2N6O3. The Morgan fingerprint density at radius 3 is 2.48 bits per heavy atom. The summed E-state index contributed by atoms with van der Waals surface area (Å²) >= 11 is 3.67. The minimum atomic E-state index is -4.86. The van der Waals surface area contributed by atoms with Gasteiger partial charge < -0.3 is 21.1 Å². The molecule has 4 N–H and O–H groups in total. The van der Waals surface area contributed by atoms with Crippen LogP contribution in [0.1, 0.15) is 24.3 Å². The van der Waals surface area contributed by atoms with E-state index < -0.39 is 24.1 Å². The Morgan fingerprint density at radius 2 is 1.94 bits per heavy atom. The molecule has 0 saturated carbocycles. The first-order chi connectivity index (χ1) is 14.4. The number of aromatic nitrogens is 2. The molecule has 0 fully saturated rings. The summed E-state index contributed by atoms with van der Waals surface area (Å²) < 4.78 is 42.6. The maximum absolute atomic E-state index is 12.5. The van der Waals surface area contributed by atoms with E-state index in [0.29, 0.717) is 0 Å². The predicted octanol–water partition coefficient (Wildman–Crippen LogP) is 4.18. The number of amides is 2. The van der Waals surface area contributed by atoms with Gasteiger partial charge in [0.15, 0.2) is 11.5 Å². The van der Waals surface area contributed by atoms with Crippen LogP contribution in [-0.4, -0.2) is 35.5 Å². The number of nitrogens with zero attached hydrogens (tertiary/aromatic N) is 3. The van der Waals surface area contributed by atoms with E-state index in [2.05, 4.69) is 25.3 Å². The maximum Gasteiger partial charge on any atom is 0.573 e. The zero-order valence-electron chi connectivity index (χ0n) is 16.1. The maximum atomic E-state index is 12.5. The Kier molecular flexibility index (Phi) is 8.49. The van der Waals surface area contributed by atoms with Crippen molar-refractivity contribution in [1.82, 2.24) is 11.3 Å². The molecule has 9 nitrogen and oxygen atoms in total. The molecule has 0 saturated heterocycles. The Bertz CT molecular complexity index is 959. The molecule has 1 heterocycles. The van der Waals surface area contributed by atoms with Crippen molar-refractivity contribution in [2.24, 2.45) is 11.7 Å². The number of nitrogens with one attached hydrogen (secondary N) is 2. The summed E-state index contributed by atoms with van der Waals surface area (Å²) in [5.74, 6) is -1.62. The number of halogens is 5. The fraction of sp³-hybridized carbons (Fsp3) is 0.294. The van der Waals surface area contributed by atoms with E-state index in [1.807, 2.05) is 59.6 Å². The summed E-state index contributed by atoms with van der Waals surface area (Å²) in [5, 5.41) is 5.67. The first-order valence-electron chi connectivity index (χ1n) is 8.59. The summed E-state index contributed by atoms with van der Waals surface area (Å²) in [6.07, 6.45) is -3.62. The van der Waals surface area contributed by atoms with Gasteiger partial charge in [0.05, 0.1) is 51.9 Å². The lowest BCUT2D eigenvalue weighted by Crippen LogP contribution is -2.39. The number of carbonyl (C=O) groups excluding carboxylic acids is 2. The first kappa shape index (κ1) is 25.2. The SMILES string of the molecule is CC(C)[C@@H](Nc1cnc(C(N)=O)c(Nc2cccc(OC(F)(F)F)c2)n1)C(=O)N(I)I. The average molecular weight is 664 g/mol. The van der Waals surface area contributed by atoms with Gasteiger partial charge in [-0.05, 0) is 18.1 Å². The van der Waals surface area contributed by atoms with E-state index in [1.54, 1.807) is 0 Å². The lowest BCUT2D eigenvalue weighted by Gasteiger charge is -2.23. The molecule has 0 aliphatic rings. The second kappa shape index (κ2) is 10.5. The number of hydrogen-bond donors (Lipinski definition) is 3. The molecule has 0 radical (unpaired) electrons. The van der Waals surface area contributed by atoms with Gasteiger partial charge in [0, 0.05) is 11.8 Å². The van der Waals surface area contributed by atoms with Crippen molar-refractivity contribution in [1.29, 1.82) is 0 Å². The minimum absolute atomic E-state index is 0.0996. The van der Waals surface area contributed by atoms with E-state index in [9.17, 15) is 22.8 Å². The standard InChI is InChI=1S/C17H17F3I2N6O3/c1-8(2)12(16(30)28(21)22)26-11-7-24-13(14(23)29)15(27-11)25-9-4-3-5-10(6-9)31-17(18,19)20/h3-8,12H,1-2H3,(H2,23,29)(H2,25,26,27)/t12-/m1/s1. The van der Waals surface area contributed by atoms with Crippen LogP contribution in [0.5, 0.6) is 5.75 Å². The number of hydrogen-bond acceptors (Lipinski definition) is 7. The number of primary amides is 1. The van der Waals surface area contributed by atoms with Crippen LogP contribution in [0.4, 0.5) is 30.5 Å². The number of anilines is 3. The molecule has 2 rings (SSSR count). The largest absolute Gasteiger partial charge is 0.573 e. The van der Waals surface area contributed by atoms with E-state index in [1.165, 1.54) is 19.7 Å². The number of rotatable bonds is 8. The molecule has 2 aromatic rings. The van der Waals surface area contributed by atoms with Crippen LogP contribution in [0.25, 0.3) is 0 Å². The zero-order chi connectivity index (χ0) is 23.3. The Labute approximate surface area is 203 Å². The Morgan fingerprint density at radius 1 is 1.26 bits per heavy atom. The van der Waals surface area contributed by atoms with Crippen molar-refractivity contribution < 1.29 is 27.5 Å². The molecule has 31 heavy (non-hydrogen) atoms. The zero-order valence-corrected chi connectivity index (χ0v) is 20.4. The summed E-state index contributed by atoms with van der Waals surface area (Å²) in [5.41, 5.74) is 5.25. The van der Waals surface area contributed by atoms with Gasteiger partial charge in [0.2, 0.25) is 0 Å². The van der Waals surface area contributed by atoms with E-state index >= 15 is 0 Å². The topological polar surface area (TPSA) is 122 Å². The molecule has 2 amide bonds. The second-order valence-corrected chi connectivity index (χ2v) is 10.2. The predicted molar refractivity (Wildman–Crippen MR) is 124 cm³/mol. The molecule has 14 heteroatoms. The molecule has 168 valence electrons. The molecule has 0 unspecified atom stereocenters. The average Bonchev–Trinajstić information content (AvgIpc) is 2.64. The van der Waals surface area contributed by atoms with Crippen molar-refractivity contribution in [2.45, 2.75) is 26.3 Å². The van der Waals surface area contributed by atoms with Crippen LogP contribution in [0.15, 0.2) is 30.5 Å². The number of carbonyl (C=O) groups is 2. The normalized spacial score (nSPS) is 12.3. The Hall–Kier alpha value is -2.11. The lowest BCUT2D eigenvalue weighted by atomic mass is 10.0. The quantitative estimate of drug-likeness (QED) is 0.286. The molecule has 0 bridgehead atoms. The van der Waals surface area contributed by atoms with Crippen molar-refractivity contribution in [3.05, 3.63) is 36.2 Å². The van der Waals surface area contributed by atoms with Gasteiger partial charge >= 0.3 is 6.36 Å². The van der Waals surface area contributed by atoms with Crippen LogP contribution in [0, 0.1) is 5.92 Å². The van der Waals surface area contributed by atoms with Crippen molar-refractivity contribution >= 4 is 74.9 Å². The summed E-state index contributed by atoms with van der Waals surface area (Å²) in [7, 11) is 0. The number of ether oxygens (including phenoxy) is 1. The van der Waals surface area contributed by atoms with E-state index in [-0.39, 0.29) is 34.8 Å². The first-order valence-corrected chi connectivity index (χ1v) is 10.5. The van der Waals surface area contributed by atoms with Gasteiger partial charge in [-0.2, -0.15) is 0 Å². The van der Waals surface area contributed by atoms with Crippen molar-refractivity contribution in [3.63, 3.8) is 0 Å². The summed E-state index contributed by atoms with van der Waals surface area (Å²) in [6, 6.07) is 4.32. The number of alkyl halides is 3. The van der Waals surface area contributed by atoms with Gasteiger partial charge in [-0.3, -0.25) is 9.59 Å². The monoisotopic (exact) mass is 664 g/mol. The van der Waals surface area contributed by atoms with E-state index in [4.69, 9.17) is 5.73 Å². The van der Waals surface area contributed by atoms with Gasteiger partial charge in [0.1, 0.15) is 17.6 Å².